The van der Waals surface area contributed by atoms with Gasteiger partial charge in [-0.1, -0.05) is 6.92 Å². The van der Waals surface area contributed by atoms with Gasteiger partial charge in [-0.05, 0) is 50.8 Å². The number of nitrogens with one attached hydrogen (secondary N) is 1. The lowest BCUT2D eigenvalue weighted by Crippen LogP contribution is -2.43. The number of hydrogen-bond acceptors (Lipinski definition) is 6. The van der Waals surface area contributed by atoms with Gasteiger partial charge in [0.25, 0.3) is 0 Å². The molecule has 0 bridgehead atoms. The van der Waals surface area contributed by atoms with Gasteiger partial charge in [0.1, 0.15) is 0 Å². The summed E-state index contributed by atoms with van der Waals surface area (Å²) < 4.78 is 41.0. The van der Waals surface area contributed by atoms with E-state index in [0.717, 1.165) is 24.4 Å². The number of carbonyl (C=O) groups is 1. The minimum Gasteiger partial charge on any atom is -0.490 e. The van der Waals surface area contributed by atoms with Crippen molar-refractivity contribution in [2.75, 3.05) is 32.8 Å². The van der Waals surface area contributed by atoms with Crippen LogP contribution in [0.3, 0.4) is 0 Å². The Morgan fingerprint density at radius 3 is 2.53 bits per heavy atom. The summed E-state index contributed by atoms with van der Waals surface area (Å²) in [6, 6.07) is 6.80. The molecule has 0 spiro atoms. The standard InChI is InChI=1S/C24H34N4O5S/c1-17(16-28-19(3)13-18(2)26-28)15-25-24(29)20-7-9-27(10-8-20)34(30,31)21-5-6-22-23(14-21)33-12-4-11-32-22/h5-6,13-14,17,20H,4,7-12,15-16H2,1-3H3,(H,25,29). The molecule has 1 unspecified atom stereocenters. The van der Waals surface area contributed by atoms with Crippen LogP contribution < -0.4 is 14.8 Å². The molecule has 186 valence electrons. The number of rotatable bonds is 7. The van der Waals surface area contributed by atoms with Gasteiger partial charge in [-0.25, -0.2) is 8.42 Å². The summed E-state index contributed by atoms with van der Waals surface area (Å²) in [5, 5.41) is 7.52. The van der Waals surface area contributed by atoms with E-state index in [-0.39, 0.29) is 22.6 Å². The van der Waals surface area contributed by atoms with Gasteiger partial charge in [0.05, 0.1) is 23.8 Å². The lowest BCUT2D eigenvalue weighted by atomic mass is 9.97. The molecule has 10 heteroatoms. The number of fused-ring (bicyclic) bond motifs is 1. The van der Waals surface area contributed by atoms with Crippen LogP contribution in [0.15, 0.2) is 29.2 Å². The van der Waals surface area contributed by atoms with Crippen LogP contribution in [0.1, 0.15) is 37.6 Å². The quantitative estimate of drug-likeness (QED) is 0.640. The zero-order valence-corrected chi connectivity index (χ0v) is 20.9. The molecule has 0 aliphatic carbocycles. The first-order valence-electron chi connectivity index (χ1n) is 11.9. The number of aromatic nitrogens is 2. The van der Waals surface area contributed by atoms with E-state index in [1.807, 2.05) is 24.6 Å². The Bertz CT molecular complexity index is 1120. The van der Waals surface area contributed by atoms with E-state index in [2.05, 4.69) is 17.3 Å². The Labute approximate surface area is 201 Å². The maximum Gasteiger partial charge on any atom is 0.243 e. The molecule has 9 nitrogen and oxygen atoms in total. The fraction of sp³-hybridized carbons (Fsp3) is 0.583. The lowest BCUT2D eigenvalue weighted by Gasteiger charge is -2.31. The van der Waals surface area contributed by atoms with Gasteiger partial charge in [-0.15, -0.1) is 0 Å². The van der Waals surface area contributed by atoms with Crippen molar-refractivity contribution >= 4 is 15.9 Å². The zero-order valence-electron chi connectivity index (χ0n) is 20.1. The Kier molecular flexibility index (Phi) is 7.47. The summed E-state index contributed by atoms with van der Waals surface area (Å²) in [6.45, 7) is 9.07. The van der Waals surface area contributed by atoms with E-state index in [4.69, 9.17) is 9.47 Å². The molecule has 2 aliphatic rings. The number of hydrogen-bond donors (Lipinski definition) is 1. The highest BCUT2D eigenvalue weighted by atomic mass is 32.2. The van der Waals surface area contributed by atoms with Crippen LogP contribution in [0.4, 0.5) is 0 Å². The monoisotopic (exact) mass is 490 g/mol. The SMILES string of the molecule is Cc1cc(C)n(CC(C)CNC(=O)C2CCN(S(=O)(=O)c3ccc4c(c3)OCCCO4)CC2)n1. The van der Waals surface area contributed by atoms with Gasteiger partial charge >= 0.3 is 0 Å². The van der Waals surface area contributed by atoms with Crippen LogP contribution in [-0.2, 0) is 21.4 Å². The third-order valence-electron chi connectivity index (χ3n) is 6.39. The first-order valence-corrected chi connectivity index (χ1v) is 13.4. The molecule has 2 aliphatic heterocycles. The number of nitrogens with zero attached hydrogens (tertiary/aromatic N) is 3. The van der Waals surface area contributed by atoms with Gasteiger partial charge in [0.15, 0.2) is 11.5 Å². The van der Waals surface area contributed by atoms with Gasteiger partial charge in [0.2, 0.25) is 15.9 Å². The molecule has 1 aromatic heterocycles. The molecule has 1 saturated heterocycles. The molecule has 1 amide bonds. The fourth-order valence-electron chi connectivity index (χ4n) is 4.45. The molecule has 1 N–H and O–H groups in total. The van der Waals surface area contributed by atoms with E-state index in [9.17, 15) is 13.2 Å². The van der Waals surface area contributed by atoms with Crippen molar-refractivity contribution in [3.8, 4) is 11.5 Å². The number of benzene rings is 1. The lowest BCUT2D eigenvalue weighted by molar-refractivity contribution is -0.126. The second-order valence-electron chi connectivity index (χ2n) is 9.30. The number of sulfonamides is 1. The van der Waals surface area contributed by atoms with Crippen LogP contribution in [0.5, 0.6) is 11.5 Å². The zero-order chi connectivity index (χ0) is 24.3. The van der Waals surface area contributed by atoms with Gasteiger partial charge in [-0.3, -0.25) is 9.48 Å². The second kappa shape index (κ2) is 10.4. The molecule has 1 atom stereocenters. The van der Waals surface area contributed by atoms with Gasteiger partial charge in [-0.2, -0.15) is 9.40 Å². The summed E-state index contributed by atoms with van der Waals surface area (Å²) in [6.07, 6.45) is 1.76. The van der Waals surface area contributed by atoms with Crippen LogP contribution in [-0.4, -0.2) is 61.3 Å². The van der Waals surface area contributed by atoms with Crippen molar-refractivity contribution in [3.05, 3.63) is 35.7 Å². The maximum absolute atomic E-state index is 13.2. The van der Waals surface area contributed by atoms with Crippen molar-refractivity contribution in [2.45, 2.75) is 51.5 Å². The Balaban J connectivity index is 1.29. The molecule has 3 heterocycles. The predicted molar refractivity (Wildman–Crippen MR) is 127 cm³/mol. The summed E-state index contributed by atoms with van der Waals surface area (Å²) >= 11 is 0. The summed E-state index contributed by atoms with van der Waals surface area (Å²) in [5.41, 5.74) is 2.10. The first kappa shape index (κ1) is 24.5. The number of aryl methyl sites for hydroxylation is 2. The molecule has 0 saturated carbocycles. The summed E-state index contributed by atoms with van der Waals surface area (Å²) in [5.74, 6) is 1.08. The minimum absolute atomic E-state index is 0.00662. The number of ether oxygens (including phenoxy) is 2. The largest absolute Gasteiger partial charge is 0.490 e. The average Bonchev–Trinajstić information content (AvgIpc) is 3.00. The first-order chi connectivity index (χ1) is 16.2. The Hall–Kier alpha value is -2.59. The third kappa shape index (κ3) is 5.55. The molecular formula is C24H34N4O5S. The van der Waals surface area contributed by atoms with Gasteiger partial charge < -0.3 is 14.8 Å². The fourth-order valence-corrected chi connectivity index (χ4v) is 5.94. The third-order valence-corrected chi connectivity index (χ3v) is 8.29. The van der Waals surface area contributed by atoms with Crippen molar-refractivity contribution in [3.63, 3.8) is 0 Å². The average molecular weight is 491 g/mol. The van der Waals surface area contributed by atoms with Crippen molar-refractivity contribution < 1.29 is 22.7 Å². The van der Waals surface area contributed by atoms with Crippen LogP contribution in [0.25, 0.3) is 0 Å². The summed E-state index contributed by atoms with van der Waals surface area (Å²) in [7, 11) is -3.66. The Morgan fingerprint density at radius 2 is 1.85 bits per heavy atom. The minimum atomic E-state index is -3.66. The summed E-state index contributed by atoms with van der Waals surface area (Å²) in [4.78, 5) is 12.9. The van der Waals surface area contributed by atoms with E-state index in [1.54, 1.807) is 18.2 Å². The van der Waals surface area contributed by atoms with E-state index in [1.165, 1.54) is 4.31 Å². The topological polar surface area (TPSA) is 103 Å². The highest BCUT2D eigenvalue weighted by molar-refractivity contribution is 7.89. The van der Waals surface area contributed by atoms with Gasteiger partial charge in [0, 0.05) is 50.3 Å². The second-order valence-corrected chi connectivity index (χ2v) is 11.2. The van der Waals surface area contributed by atoms with Crippen LogP contribution >= 0.6 is 0 Å². The van der Waals surface area contributed by atoms with E-state index < -0.39 is 10.0 Å². The van der Waals surface area contributed by atoms with E-state index >= 15 is 0 Å². The molecule has 1 fully saturated rings. The molecule has 0 radical (unpaired) electrons. The Morgan fingerprint density at radius 1 is 1.15 bits per heavy atom. The molecule has 4 rings (SSSR count). The predicted octanol–water partition coefficient (Wildman–Crippen LogP) is 2.51. The maximum atomic E-state index is 13.2. The van der Waals surface area contributed by atoms with E-state index in [0.29, 0.717) is 57.2 Å². The smallest absolute Gasteiger partial charge is 0.243 e. The van der Waals surface area contributed by atoms with Crippen LogP contribution in [0.2, 0.25) is 0 Å². The molecular weight excluding hydrogens is 456 g/mol. The number of piperidine rings is 1. The highest BCUT2D eigenvalue weighted by Gasteiger charge is 2.32. The van der Waals surface area contributed by atoms with Crippen molar-refractivity contribution in [1.29, 1.82) is 0 Å². The molecule has 34 heavy (non-hydrogen) atoms. The highest BCUT2D eigenvalue weighted by Crippen LogP contribution is 2.33. The van der Waals surface area contributed by atoms with Crippen molar-refractivity contribution in [1.82, 2.24) is 19.4 Å². The number of carbonyl (C=O) groups excluding carboxylic acids is 1. The van der Waals surface area contributed by atoms with Crippen molar-refractivity contribution in [2.24, 2.45) is 11.8 Å². The van der Waals surface area contributed by atoms with Crippen LogP contribution in [0, 0.1) is 25.7 Å². The number of amides is 1. The molecule has 1 aromatic carbocycles. The molecule has 2 aromatic rings. The normalized spacial score (nSPS) is 18.3.